The minimum atomic E-state index is -0.444. The van der Waals surface area contributed by atoms with E-state index in [-0.39, 0.29) is 17.5 Å². The molecule has 0 aliphatic rings. The fourth-order valence-electron chi connectivity index (χ4n) is 1.76. The number of rotatable bonds is 3. The first-order chi connectivity index (χ1) is 8.99. The Hall–Kier alpha value is -2.43. The van der Waals surface area contributed by atoms with E-state index < -0.39 is 4.92 Å². The molecule has 0 fully saturated rings. The Morgan fingerprint density at radius 2 is 2.00 bits per heavy atom. The largest absolute Gasteiger partial charge is 0.325 e. The van der Waals surface area contributed by atoms with Crippen LogP contribution in [-0.2, 0) is 4.79 Å². The van der Waals surface area contributed by atoms with Gasteiger partial charge in [0.05, 0.1) is 4.92 Å². The highest BCUT2D eigenvalue weighted by atomic mass is 16.6. The number of nitro groups is 1. The highest BCUT2D eigenvalue weighted by molar-refractivity contribution is 6.03. The van der Waals surface area contributed by atoms with Gasteiger partial charge in [0.25, 0.3) is 5.69 Å². The molecule has 0 unspecified atom stereocenters. The van der Waals surface area contributed by atoms with Crippen LogP contribution < -0.4 is 5.32 Å². The maximum Gasteiger partial charge on any atom is 0.270 e. The van der Waals surface area contributed by atoms with Crippen molar-refractivity contribution in [2.45, 2.75) is 13.8 Å². The number of fused-ring (bicyclic) bond motifs is 1. The van der Waals surface area contributed by atoms with Crippen molar-refractivity contribution in [1.29, 1.82) is 0 Å². The Bertz CT molecular complexity index is 650. The van der Waals surface area contributed by atoms with Crippen LogP contribution in [0.4, 0.5) is 11.4 Å². The van der Waals surface area contributed by atoms with Crippen molar-refractivity contribution >= 4 is 28.1 Å². The predicted octanol–water partition coefficient (Wildman–Crippen LogP) is 3.34. The molecular weight excluding hydrogens is 244 g/mol. The first-order valence-corrected chi connectivity index (χ1v) is 5.97. The van der Waals surface area contributed by atoms with Crippen LogP contribution in [0.2, 0.25) is 0 Å². The fraction of sp³-hybridized carbons (Fsp3) is 0.214. The molecule has 2 rings (SSSR count). The molecular formula is C14H14N2O3. The summed E-state index contributed by atoms with van der Waals surface area (Å²) in [4.78, 5) is 22.1. The van der Waals surface area contributed by atoms with Crippen LogP contribution in [0.25, 0.3) is 10.8 Å². The van der Waals surface area contributed by atoms with Gasteiger partial charge in [-0.1, -0.05) is 26.0 Å². The minimum Gasteiger partial charge on any atom is -0.325 e. The van der Waals surface area contributed by atoms with Crippen LogP contribution in [0.3, 0.4) is 0 Å². The second-order valence-corrected chi connectivity index (χ2v) is 4.61. The van der Waals surface area contributed by atoms with Crippen LogP contribution in [0.1, 0.15) is 13.8 Å². The summed E-state index contributed by atoms with van der Waals surface area (Å²) in [5.41, 5.74) is 0.610. The second kappa shape index (κ2) is 5.06. The lowest BCUT2D eigenvalue weighted by Gasteiger charge is -2.10. The lowest BCUT2D eigenvalue weighted by molar-refractivity contribution is -0.384. The van der Waals surface area contributed by atoms with Gasteiger partial charge in [0, 0.05) is 29.1 Å². The normalized spacial score (nSPS) is 10.7. The molecule has 2 aromatic rings. The molecule has 5 heteroatoms. The molecule has 0 atom stereocenters. The van der Waals surface area contributed by atoms with E-state index in [4.69, 9.17) is 0 Å². The number of carbonyl (C=O) groups is 1. The molecule has 0 aliphatic heterocycles. The van der Waals surface area contributed by atoms with E-state index in [1.54, 1.807) is 26.0 Å². The van der Waals surface area contributed by atoms with E-state index in [9.17, 15) is 14.9 Å². The first-order valence-electron chi connectivity index (χ1n) is 5.97. The third kappa shape index (κ3) is 2.70. The molecule has 0 aromatic heterocycles. The number of non-ortho nitro benzene ring substituents is 1. The third-order valence-corrected chi connectivity index (χ3v) is 2.86. The summed E-state index contributed by atoms with van der Waals surface area (Å²) in [5.74, 6) is -0.257. The van der Waals surface area contributed by atoms with Crippen LogP contribution >= 0.6 is 0 Å². The number of hydrogen-bond acceptors (Lipinski definition) is 3. The molecule has 0 saturated heterocycles. The van der Waals surface area contributed by atoms with Gasteiger partial charge in [-0.05, 0) is 17.5 Å². The number of nitrogens with zero attached hydrogens (tertiary/aromatic N) is 1. The lowest BCUT2D eigenvalue weighted by atomic mass is 10.1. The average Bonchev–Trinajstić information content (AvgIpc) is 2.38. The first kappa shape index (κ1) is 13.0. The Kier molecular flexibility index (Phi) is 3.46. The topological polar surface area (TPSA) is 72.2 Å². The molecule has 0 radical (unpaired) electrons. The maximum absolute atomic E-state index is 11.7. The zero-order chi connectivity index (χ0) is 14.0. The third-order valence-electron chi connectivity index (χ3n) is 2.86. The number of nitrogens with one attached hydrogen (secondary N) is 1. The minimum absolute atomic E-state index is 0.0127. The SMILES string of the molecule is CC(C)C(=O)Nc1cccc2ccc([N+](=O)[O-])cc12. The van der Waals surface area contributed by atoms with E-state index in [0.717, 1.165) is 5.39 Å². The van der Waals surface area contributed by atoms with Crippen molar-refractivity contribution < 1.29 is 9.72 Å². The highest BCUT2D eigenvalue weighted by Crippen LogP contribution is 2.27. The van der Waals surface area contributed by atoms with E-state index in [2.05, 4.69) is 5.32 Å². The van der Waals surface area contributed by atoms with E-state index in [0.29, 0.717) is 11.1 Å². The van der Waals surface area contributed by atoms with Crippen LogP contribution in [0.15, 0.2) is 36.4 Å². The quantitative estimate of drug-likeness (QED) is 0.677. The number of carbonyl (C=O) groups excluding carboxylic acids is 1. The molecule has 0 heterocycles. The monoisotopic (exact) mass is 258 g/mol. The average molecular weight is 258 g/mol. The number of hydrogen-bond donors (Lipinski definition) is 1. The molecule has 98 valence electrons. The van der Waals surface area contributed by atoms with Gasteiger partial charge in [-0.25, -0.2) is 0 Å². The zero-order valence-electron chi connectivity index (χ0n) is 10.7. The summed E-state index contributed by atoms with van der Waals surface area (Å²) in [7, 11) is 0. The highest BCUT2D eigenvalue weighted by Gasteiger charge is 2.12. The van der Waals surface area contributed by atoms with Gasteiger partial charge in [0.15, 0.2) is 0 Å². The van der Waals surface area contributed by atoms with E-state index >= 15 is 0 Å². The summed E-state index contributed by atoms with van der Waals surface area (Å²) in [6.07, 6.45) is 0. The summed E-state index contributed by atoms with van der Waals surface area (Å²) in [5, 5.41) is 15.1. The molecule has 1 N–H and O–H groups in total. The summed E-state index contributed by atoms with van der Waals surface area (Å²) >= 11 is 0. The Morgan fingerprint density at radius 1 is 1.26 bits per heavy atom. The Labute approximate surface area is 110 Å². The smallest absolute Gasteiger partial charge is 0.270 e. The van der Waals surface area contributed by atoms with Gasteiger partial charge in [0.2, 0.25) is 5.91 Å². The van der Waals surface area contributed by atoms with Crippen molar-refractivity contribution in [2.75, 3.05) is 5.32 Å². The van der Waals surface area contributed by atoms with E-state index in [1.165, 1.54) is 12.1 Å². The van der Waals surface area contributed by atoms with Crippen molar-refractivity contribution in [1.82, 2.24) is 0 Å². The van der Waals surface area contributed by atoms with Gasteiger partial charge in [-0.15, -0.1) is 0 Å². The van der Waals surface area contributed by atoms with Crippen LogP contribution in [-0.4, -0.2) is 10.8 Å². The molecule has 0 spiro atoms. The summed E-state index contributed by atoms with van der Waals surface area (Å²) < 4.78 is 0. The molecule has 19 heavy (non-hydrogen) atoms. The zero-order valence-corrected chi connectivity index (χ0v) is 10.7. The number of nitro benzene ring substituents is 1. The summed E-state index contributed by atoms with van der Waals surface area (Å²) in [6.45, 7) is 3.59. The lowest BCUT2D eigenvalue weighted by Crippen LogP contribution is -2.17. The van der Waals surface area contributed by atoms with Crippen LogP contribution in [0.5, 0.6) is 0 Å². The Balaban J connectivity index is 2.51. The Morgan fingerprint density at radius 3 is 2.63 bits per heavy atom. The number of amides is 1. The van der Waals surface area contributed by atoms with Gasteiger partial charge in [0.1, 0.15) is 0 Å². The van der Waals surface area contributed by atoms with Gasteiger partial charge < -0.3 is 5.32 Å². The second-order valence-electron chi connectivity index (χ2n) is 4.61. The van der Waals surface area contributed by atoms with E-state index in [1.807, 2.05) is 12.1 Å². The van der Waals surface area contributed by atoms with Gasteiger partial charge >= 0.3 is 0 Å². The van der Waals surface area contributed by atoms with Crippen molar-refractivity contribution in [3.05, 3.63) is 46.5 Å². The molecule has 1 amide bonds. The maximum atomic E-state index is 11.7. The molecule has 0 saturated carbocycles. The molecule has 0 aliphatic carbocycles. The van der Waals surface area contributed by atoms with Gasteiger partial charge in [-0.2, -0.15) is 0 Å². The summed E-state index contributed by atoms with van der Waals surface area (Å²) in [6, 6.07) is 10.0. The molecule has 5 nitrogen and oxygen atoms in total. The number of benzene rings is 2. The number of anilines is 1. The molecule has 0 bridgehead atoms. The van der Waals surface area contributed by atoms with Crippen molar-refractivity contribution in [2.24, 2.45) is 5.92 Å². The fourth-order valence-corrected chi connectivity index (χ4v) is 1.76. The predicted molar refractivity (Wildman–Crippen MR) is 74.1 cm³/mol. The van der Waals surface area contributed by atoms with Crippen LogP contribution in [0, 0.1) is 16.0 Å². The van der Waals surface area contributed by atoms with Crippen molar-refractivity contribution in [3.63, 3.8) is 0 Å². The molecule has 2 aromatic carbocycles. The standard InChI is InChI=1S/C14H14N2O3/c1-9(2)14(17)15-13-5-3-4-10-6-7-11(16(18)19)8-12(10)13/h3-9H,1-2H3,(H,15,17). The van der Waals surface area contributed by atoms with Gasteiger partial charge in [-0.3, -0.25) is 14.9 Å². The van der Waals surface area contributed by atoms with Crippen molar-refractivity contribution in [3.8, 4) is 0 Å².